The van der Waals surface area contributed by atoms with E-state index in [4.69, 9.17) is 9.84 Å². The van der Waals surface area contributed by atoms with E-state index in [0.717, 1.165) is 19.6 Å². The van der Waals surface area contributed by atoms with Crippen molar-refractivity contribution >= 4 is 17.3 Å². The molecule has 0 aliphatic carbocycles. The van der Waals surface area contributed by atoms with Crippen molar-refractivity contribution < 1.29 is 19.6 Å². The number of nitro groups is 1. The molecule has 0 amide bonds. The molecule has 8 heteroatoms. The summed E-state index contributed by atoms with van der Waals surface area (Å²) >= 11 is 0. The second-order valence-corrected chi connectivity index (χ2v) is 4.67. The number of carboxylic acids is 1. The summed E-state index contributed by atoms with van der Waals surface area (Å²) in [6, 6.07) is 3.69. The molecule has 0 spiro atoms. The number of hydrogen-bond donors (Lipinski definition) is 2. The molecule has 8 nitrogen and oxygen atoms in total. The van der Waals surface area contributed by atoms with Crippen molar-refractivity contribution in [2.24, 2.45) is 0 Å². The summed E-state index contributed by atoms with van der Waals surface area (Å²) in [5, 5.41) is 22.8. The lowest BCUT2D eigenvalue weighted by Gasteiger charge is -2.26. The number of nitrogens with one attached hydrogen (secondary N) is 1. The molecule has 1 fully saturated rings. The minimum absolute atomic E-state index is 0.0302. The lowest BCUT2D eigenvalue weighted by atomic mass is 10.1. The smallest absolute Gasteiger partial charge is 0.337 e. The third kappa shape index (κ3) is 4.14. The van der Waals surface area contributed by atoms with Crippen LogP contribution < -0.4 is 5.32 Å². The van der Waals surface area contributed by atoms with Crippen LogP contribution in [0.1, 0.15) is 10.4 Å². The molecular weight excluding hydrogens is 278 g/mol. The van der Waals surface area contributed by atoms with Gasteiger partial charge < -0.3 is 15.2 Å². The van der Waals surface area contributed by atoms with E-state index in [1.807, 2.05) is 0 Å². The number of morpholine rings is 1. The zero-order valence-corrected chi connectivity index (χ0v) is 11.4. The molecule has 1 aliphatic rings. The average Bonchev–Trinajstić information content (AvgIpc) is 2.48. The quantitative estimate of drug-likeness (QED) is 0.596. The number of nitro benzene ring substituents is 1. The van der Waals surface area contributed by atoms with Gasteiger partial charge >= 0.3 is 5.97 Å². The van der Waals surface area contributed by atoms with Crippen molar-refractivity contribution in [1.29, 1.82) is 0 Å². The van der Waals surface area contributed by atoms with Gasteiger partial charge in [-0.05, 0) is 6.07 Å². The number of hydrogen-bond acceptors (Lipinski definition) is 6. The van der Waals surface area contributed by atoms with Gasteiger partial charge in [-0.1, -0.05) is 0 Å². The largest absolute Gasteiger partial charge is 0.478 e. The van der Waals surface area contributed by atoms with Gasteiger partial charge in [0.2, 0.25) is 0 Å². The Hall–Kier alpha value is -2.19. The van der Waals surface area contributed by atoms with Crippen LogP contribution in [0.2, 0.25) is 0 Å². The molecule has 21 heavy (non-hydrogen) atoms. The van der Waals surface area contributed by atoms with Gasteiger partial charge in [0, 0.05) is 38.3 Å². The fourth-order valence-electron chi connectivity index (χ4n) is 2.15. The molecule has 1 heterocycles. The number of benzene rings is 1. The van der Waals surface area contributed by atoms with Crippen LogP contribution >= 0.6 is 0 Å². The topological polar surface area (TPSA) is 105 Å². The Bertz CT molecular complexity index is 529. The second-order valence-electron chi connectivity index (χ2n) is 4.67. The van der Waals surface area contributed by atoms with Crippen molar-refractivity contribution in [3.63, 3.8) is 0 Å². The fourth-order valence-corrected chi connectivity index (χ4v) is 2.15. The maximum Gasteiger partial charge on any atom is 0.337 e. The molecule has 0 radical (unpaired) electrons. The van der Waals surface area contributed by atoms with E-state index in [9.17, 15) is 14.9 Å². The van der Waals surface area contributed by atoms with E-state index in [2.05, 4.69) is 10.2 Å². The van der Waals surface area contributed by atoms with Gasteiger partial charge in [0.15, 0.2) is 0 Å². The van der Waals surface area contributed by atoms with Gasteiger partial charge in [0.05, 0.1) is 29.4 Å². The predicted octanol–water partition coefficient (Wildman–Crippen LogP) is 1.04. The Balaban J connectivity index is 2.00. The van der Waals surface area contributed by atoms with Crippen LogP contribution in [0, 0.1) is 10.1 Å². The molecule has 0 saturated carbocycles. The van der Waals surface area contributed by atoms with Crippen molar-refractivity contribution in [3.8, 4) is 0 Å². The molecule has 114 valence electrons. The highest BCUT2D eigenvalue weighted by atomic mass is 16.6. The maximum atomic E-state index is 11.1. The van der Waals surface area contributed by atoms with Gasteiger partial charge in [0.1, 0.15) is 0 Å². The van der Waals surface area contributed by atoms with Crippen molar-refractivity contribution in [2.45, 2.75) is 0 Å². The fraction of sp³-hybridized carbons (Fsp3) is 0.462. The Labute approximate surface area is 121 Å². The highest BCUT2D eigenvalue weighted by Gasteiger charge is 2.16. The average molecular weight is 295 g/mol. The molecule has 2 N–H and O–H groups in total. The summed E-state index contributed by atoms with van der Waals surface area (Å²) in [7, 11) is 0. The Kier molecular flexibility index (Phi) is 5.07. The number of carbonyl (C=O) groups is 1. The number of aromatic carboxylic acids is 1. The Morgan fingerprint density at radius 3 is 2.76 bits per heavy atom. The van der Waals surface area contributed by atoms with E-state index >= 15 is 0 Å². The summed E-state index contributed by atoms with van der Waals surface area (Å²) in [6.45, 7) is 4.30. The van der Waals surface area contributed by atoms with Gasteiger partial charge in [-0.2, -0.15) is 0 Å². The minimum atomic E-state index is -1.11. The molecule has 0 atom stereocenters. The third-order valence-electron chi connectivity index (χ3n) is 3.29. The van der Waals surface area contributed by atoms with Crippen LogP contribution in [0.3, 0.4) is 0 Å². The molecule has 1 aromatic rings. The van der Waals surface area contributed by atoms with Gasteiger partial charge in [0.25, 0.3) is 5.69 Å². The first kappa shape index (κ1) is 15.2. The van der Waals surface area contributed by atoms with Crippen LogP contribution in [0.4, 0.5) is 11.4 Å². The molecule has 0 aromatic heterocycles. The normalized spacial score (nSPS) is 15.6. The summed E-state index contributed by atoms with van der Waals surface area (Å²) in [5.41, 5.74) is 0.168. The molecule has 2 rings (SSSR count). The van der Waals surface area contributed by atoms with E-state index in [-0.39, 0.29) is 16.9 Å². The van der Waals surface area contributed by atoms with Crippen LogP contribution in [0.5, 0.6) is 0 Å². The standard InChI is InChI=1S/C13H17N3O5/c17-13(18)11-2-1-10(16(19)20)9-12(11)14-3-4-15-5-7-21-8-6-15/h1-2,9,14H,3-8H2,(H,17,18). The Morgan fingerprint density at radius 2 is 2.14 bits per heavy atom. The molecule has 0 unspecified atom stereocenters. The number of anilines is 1. The zero-order chi connectivity index (χ0) is 15.2. The lowest BCUT2D eigenvalue weighted by Crippen LogP contribution is -2.39. The van der Waals surface area contributed by atoms with Crippen molar-refractivity contribution in [1.82, 2.24) is 4.90 Å². The summed E-state index contributed by atoms with van der Waals surface area (Å²) < 4.78 is 5.24. The van der Waals surface area contributed by atoms with E-state index < -0.39 is 10.9 Å². The summed E-state index contributed by atoms with van der Waals surface area (Å²) in [5.74, 6) is -1.11. The van der Waals surface area contributed by atoms with E-state index in [1.54, 1.807) is 0 Å². The first-order chi connectivity index (χ1) is 10.1. The SMILES string of the molecule is O=C(O)c1ccc([N+](=O)[O-])cc1NCCN1CCOCC1. The van der Waals surface area contributed by atoms with Gasteiger partial charge in [-0.15, -0.1) is 0 Å². The van der Waals surface area contributed by atoms with Crippen LogP contribution in [0.15, 0.2) is 18.2 Å². The predicted molar refractivity (Wildman–Crippen MR) is 75.8 cm³/mol. The summed E-state index contributed by atoms with van der Waals surface area (Å²) in [4.78, 5) is 23.5. The van der Waals surface area contributed by atoms with Crippen molar-refractivity contribution in [2.75, 3.05) is 44.7 Å². The monoisotopic (exact) mass is 295 g/mol. The van der Waals surface area contributed by atoms with Crippen molar-refractivity contribution in [3.05, 3.63) is 33.9 Å². The minimum Gasteiger partial charge on any atom is -0.478 e. The molecule has 1 saturated heterocycles. The number of non-ortho nitro benzene ring substituents is 1. The van der Waals surface area contributed by atoms with Gasteiger partial charge in [-0.3, -0.25) is 15.0 Å². The van der Waals surface area contributed by atoms with Crippen LogP contribution in [-0.2, 0) is 4.74 Å². The lowest BCUT2D eigenvalue weighted by molar-refractivity contribution is -0.384. The molecular formula is C13H17N3O5. The molecule has 1 aliphatic heterocycles. The first-order valence-electron chi connectivity index (χ1n) is 6.63. The van der Waals surface area contributed by atoms with Crippen LogP contribution in [-0.4, -0.2) is 60.3 Å². The highest BCUT2D eigenvalue weighted by molar-refractivity contribution is 5.94. The third-order valence-corrected chi connectivity index (χ3v) is 3.29. The highest BCUT2D eigenvalue weighted by Crippen LogP contribution is 2.22. The number of ether oxygens (including phenoxy) is 1. The molecule has 0 bridgehead atoms. The van der Waals surface area contributed by atoms with E-state index in [0.29, 0.717) is 19.8 Å². The number of carboxylic acid groups (broad SMARTS) is 1. The molecule has 1 aromatic carbocycles. The number of rotatable bonds is 6. The Morgan fingerprint density at radius 1 is 1.43 bits per heavy atom. The number of nitrogens with zero attached hydrogens (tertiary/aromatic N) is 2. The maximum absolute atomic E-state index is 11.1. The summed E-state index contributed by atoms with van der Waals surface area (Å²) in [6.07, 6.45) is 0. The van der Waals surface area contributed by atoms with E-state index in [1.165, 1.54) is 18.2 Å². The first-order valence-corrected chi connectivity index (χ1v) is 6.63. The van der Waals surface area contributed by atoms with Gasteiger partial charge in [-0.25, -0.2) is 4.79 Å². The second kappa shape index (κ2) is 7.00. The van der Waals surface area contributed by atoms with Crippen LogP contribution in [0.25, 0.3) is 0 Å². The zero-order valence-electron chi connectivity index (χ0n) is 11.4.